The Labute approximate surface area is 77.2 Å². The van der Waals surface area contributed by atoms with Crippen LogP contribution in [0.1, 0.15) is 5.69 Å². The first-order valence-electron chi connectivity index (χ1n) is 4.11. The SMILES string of the molecule is CN(CCO)c1nccnc1CN. The molecule has 1 rings (SSSR count). The molecule has 72 valence electrons. The van der Waals surface area contributed by atoms with E-state index in [4.69, 9.17) is 10.8 Å². The Hall–Kier alpha value is -1.20. The zero-order chi connectivity index (χ0) is 9.68. The topological polar surface area (TPSA) is 75.3 Å². The average molecular weight is 182 g/mol. The van der Waals surface area contributed by atoms with Crippen molar-refractivity contribution in [3.05, 3.63) is 18.1 Å². The molecule has 0 aliphatic rings. The normalized spacial score (nSPS) is 10.1. The van der Waals surface area contributed by atoms with Crippen LogP contribution in [0, 0.1) is 0 Å². The molecular formula is C8H14N4O. The summed E-state index contributed by atoms with van der Waals surface area (Å²) < 4.78 is 0. The van der Waals surface area contributed by atoms with Crippen LogP contribution in [0.5, 0.6) is 0 Å². The minimum Gasteiger partial charge on any atom is -0.395 e. The summed E-state index contributed by atoms with van der Waals surface area (Å²) >= 11 is 0. The van der Waals surface area contributed by atoms with E-state index >= 15 is 0 Å². The van der Waals surface area contributed by atoms with Gasteiger partial charge in [-0.1, -0.05) is 0 Å². The lowest BCUT2D eigenvalue weighted by molar-refractivity contribution is 0.303. The van der Waals surface area contributed by atoms with Crippen molar-refractivity contribution >= 4 is 5.82 Å². The summed E-state index contributed by atoms with van der Waals surface area (Å²) in [6.07, 6.45) is 3.22. The van der Waals surface area contributed by atoms with Gasteiger partial charge < -0.3 is 15.7 Å². The summed E-state index contributed by atoms with van der Waals surface area (Å²) in [5.41, 5.74) is 6.24. The molecule has 0 amide bonds. The highest BCUT2D eigenvalue weighted by atomic mass is 16.3. The number of aliphatic hydroxyl groups is 1. The molecule has 0 saturated carbocycles. The van der Waals surface area contributed by atoms with E-state index in [9.17, 15) is 0 Å². The van der Waals surface area contributed by atoms with E-state index < -0.39 is 0 Å². The largest absolute Gasteiger partial charge is 0.395 e. The molecule has 0 spiro atoms. The van der Waals surface area contributed by atoms with Crippen LogP contribution in [0.4, 0.5) is 5.82 Å². The molecule has 1 aromatic rings. The van der Waals surface area contributed by atoms with Gasteiger partial charge in [0.2, 0.25) is 0 Å². The average Bonchev–Trinajstić information content (AvgIpc) is 2.18. The molecule has 5 heteroatoms. The zero-order valence-corrected chi connectivity index (χ0v) is 7.64. The highest BCUT2D eigenvalue weighted by Crippen LogP contribution is 2.11. The summed E-state index contributed by atoms with van der Waals surface area (Å²) in [6, 6.07) is 0. The van der Waals surface area contributed by atoms with Gasteiger partial charge in [-0.25, -0.2) is 4.98 Å². The van der Waals surface area contributed by atoms with Crippen molar-refractivity contribution in [2.24, 2.45) is 5.73 Å². The van der Waals surface area contributed by atoms with Crippen LogP contribution in [0.25, 0.3) is 0 Å². The van der Waals surface area contributed by atoms with E-state index in [0.29, 0.717) is 13.1 Å². The first-order chi connectivity index (χ1) is 6.29. The van der Waals surface area contributed by atoms with Gasteiger partial charge >= 0.3 is 0 Å². The molecule has 0 atom stereocenters. The van der Waals surface area contributed by atoms with Gasteiger partial charge in [0, 0.05) is 32.5 Å². The van der Waals surface area contributed by atoms with Crippen molar-refractivity contribution in [3.63, 3.8) is 0 Å². The molecule has 0 aliphatic heterocycles. The minimum atomic E-state index is 0.0943. The number of hydrogen-bond donors (Lipinski definition) is 2. The van der Waals surface area contributed by atoms with E-state index in [1.165, 1.54) is 0 Å². The third-order valence-electron chi connectivity index (χ3n) is 1.74. The summed E-state index contributed by atoms with van der Waals surface area (Å²) in [4.78, 5) is 10.1. The maximum atomic E-state index is 8.74. The zero-order valence-electron chi connectivity index (χ0n) is 7.64. The highest BCUT2D eigenvalue weighted by molar-refractivity contribution is 5.41. The Kier molecular flexibility index (Phi) is 3.60. The van der Waals surface area contributed by atoms with Crippen molar-refractivity contribution < 1.29 is 5.11 Å². The minimum absolute atomic E-state index is 0.0943. The van der Waals surface area contributed by atoms with E-state index in [2.05, 4.69) is 9.97 Å². The van der Waals surface area contributed by atoms with Crippen LogP contribution in [0.2, 0.25) is 0 Å². The van der Waals surface area contributed by atoms with Crippen molar-refractivity contribution in [2.45, 2.75) is 6.54 Å². The first-order valence-corrected chi connectivity index (χ1v) is 4.11. The molecule has 5 nitrogen and oxygen atoms in total. The van der Waals surface area contributed by atoms with Crippen LogP contribution in [0.15, 0.2) is 12.4 Å². The quantitative estimate of drug-likeness (QED) is 0.648. The van der Waals surface area contributed by atoms with Gasteiger partial charge in [0.1, 0.15) is 0 Å². The van der Waals surface area contributed by atoms with Gasteiger partial charge in [-0.05, 0) is 0 Å². The molecule has 0 bridgehead atoms. The van der Waals surface area contributed by atoms with Gasteiger partial charge in [-0.2, -0.15) is 0 Å². The summed E-state index contributed by atoms with van der Waals surface area (Å²) in [5, 5.41) is 8.74. The number of nitrogens with zero attached hydrogens (tertiary/aromatic N) is 3. The number of anilines is 1. The van der Waals surface area contributed by atoms with Crippen molar-refractivity contribution in [1.29, 1.82) is 0 Å². The smallest absolute Gasteiger partial charge is 0.151 e. The van der Waals surface area contributed by atoms with Gasteiger partial charge in [0.25, 0.3) is 0 Å². The summed E-state index contributed by atoms with van der Waals surface area (Å²) in [6.45, 7) is 0.988. The van der Waals surface area contributed by atoms with Crippen molar-refractivity contribution in [1.82, 2.24) is 9.97 Å². The molecule has 13 heavy (non-hydrogen) atoms. The Morgan fingerprint density at radius 3 is 2.77 bits per heavy atom. The van der Waals surface area contributed by atoms with Crippen LogP contribution < -0.4 is 10.6 Å². The van der Waals surface area contributed by atoms with Gasteiger partial charge in [-0.15, -0.1) is 0 Å². The van der Waals surface area contributed by atoms with Crippen LogP contribution in [-0.4, -0.2) is 35.3 Å². The number of aromatic nitrogens is 2. The lowest BCUT2D eigenvalue weighted by Crippen LogP contribution is -2.24. The number of hydrogen-bond acceptors (Lipinski definition) is 5. The predicted molar refractivity (Wildman–Crippen MR) is 50.3 cm³/mol. The maximum absolute atomic E-state index is 8.74. The van der Waals surface area contributed by atoms with E-state index in [0.717, 1.165) is 11.5 Å². The molecule has 0 radical (unpaired) electrons. The molecule has 1 heterocycles. The fraction of sp³-hybridized carbons (Fsp3) is 0.500. The standard InChI is InChI=1S/C8H14N4O/c1-12(4-5-13)8-7(6-9)10-2-3-11-8/h2-3,13H,4-6,9H2,1H3. The molecule has 1 aromatic heterocycles. The van der Waals surface area contributed by atoms with Crippen LogP contribution in [-0.2, 0) is 6.54 Å². The molecule has 3 N–H and O–H groups in total. The second kappa shape index (κ2) is 4.74. The predicted octanol–water partition coefficient (Wildman–Crippen LogP) is -0.636. The van der Waals surface area contributed by atoms with Crippen molar-refractivity contribution in [3.8, 4) is 0 Å². The second-order valence-electron chi connectivity index (χ2n) is 2.68. The lowest BCUT2D eigenvalue weighted by atomic mass is 10.4. The number of rotatable bonds is 4. The number of likely N-dealkylation sites (N-methyl/N-ethyl adjacent to an activating group) is 1. The summed E-state index contributed by atoms with van der Waals surface area (Å²) in [5.74, 6) is 0.735. The van der Waals surface area contributed by atoms with Crippen LogP contribution >= 0.6 is 0 Å². The Balaban J connectivity index is 2.85. The van der Waals surface area contributed by atoms with Gasteiger partial charge in [-0.3, -0.25) is 4.98 Å². The van der Waals surface area contributed by atoms with Crippen LogP contribution in [0.3, 0.4) is 0 Å². The highest BCUT2D eigenvalue weighted by Gasteiger charge is 2.07. The lowest BCUT2D eigenvalue weighted by Gasteiger charge is -2.18. The Morgan fingerprint density at radius 2 is 2.15 bits per heavy atom. The molecule has 0 fully saturated rings. The Morgan fingerprint density at radius 1 is 1.46 bits per heavy atom. The Bertz CT molecular complexity index is 266. The monoisotopic (exact) mass is 182 g/mol. The number of aliphatic hydroxyl groups excluding tert-OH is 1. The van der Waals surface area contributed by atoms with Gasteiger partial charge in [0.15, 0.2) is 5.82 Å². The number of nitrogens with two attached hydrogens (primary N) is 1. The molecule has 0 aliphatic carbocycles. The molecular weight excluding hydrogens is 168 g/mol. The molecule has 0 aromatic carbocycles. The van der Waals surface area contributed by atoms with E-state index in [1.54, 1.807) is 12.4 Å². The van der Waals surface area contributed by atoms with Gasteiger partial charge in [0.05, 0.1) is 12.3 Å². The first kappa shape index (κ1) is 9.88. The third kappa shape index (κ3) is 2.37. The third-order valence-corrected chi connectivity index (χ3v) is 1.74. The maximum Gasteiger partial charge on any atom is 0.151 e. The van der Waals surface area contributed by atoms with E-state index in [1.807, 2.05) is 11.9 Å². The van der Waals surface area contributed by atoms with Crippen molar-refractivity contribution in [2.75, 3.05) is 25.1 Å². The van der Waals surface area contributed by atoms with E-state index in [-0.39, 0.29) is 6.61 Å². The molecule has 0 saturated heterocycles. The fourth-order valence-corrected chi connectivity index (χ4v) is 1.08. The second-order valence-corrected chi connectivity index (χ2v) is 2.68. The summed E-state index contributed by atoms with van der Waals surface area (Å²) in [7, 11) is 1.85. The molecule has 0 unspecified atom stereocenters. The fourth-order valence-electron chi connectivity index (χ4n) is 1.08.